The van der Waals surface area contributed by atoms with Gasteiger partial charge in [-0.25, -0.2) is 14.5 Å². The van der Waals surface area contributed by atoms with E-state index in [4.69, 9.17) is 0 Å². The zero-order valence-corrected chi connectivity index (χ0v) is 26.3. The van der Waals surface area contributed by atoms with E-state index in [-0.39, 0.29) is 29.8 Å². The van der Waals surface area contributed by atoms with Gasteiger partial charge in [0.2, 0.25) is 0 Å². The summed E-state index contributed by atoms with van der Waals surface area (Å²) in [5.41, 5.74) is 4.67. The molecule has 1 fully saturated rings. The number of ether oxygens (including phenoxy) is 1. The number of carbonyl (C=O) groups excluding carboxylic acids is 1. The summed E-state index contributed by atoms with van der Waals surface area (Å²) in [6.45, 7) is 8.31. The van der Waals surface area contributed by atoms with Gasteiger partial charge in [0.15, 0.2) is 11.0 Å². The molecule has 1 aliphatic heterocycles. The van der Waals surface area contributed by atoms with Gasteiger partial charge in [-0.05, 0) is 68.1 Å². The van der Waals surface area contributed by atoms with Crippen molar-refractivity contribution in [1.82, 2.24) is 20.1 Å². The fourth-order valence-electron chi connectivity index (χ4n) is 5.16. The molecule has 3 aromatic carbocycles. The summed E-state index contributed by atoms with van der Waals surface area (Å²) in [5, 5.41) is 8.24. The third-order valence-electron chi connectivity index (χ3n) is 7.87. The van der Waals surface area contributed by atoms with E-state index in [0.717, 1.165) is 35.4 Å². The molecular formula is C33H35F3N6O2S. The van der Waals surface area contributed by atoms with Gasteiger partial charge in [0.05, 0.1) is 5.69 Å². The Labute approximate surface area is 264 Å². The number of rotatable bonds is 8. The molecule has 5 rings (SSSR count). The molecule has 1 aromatic heterocycles. The van der Waals surface area contributed by atoms with Crippen molar-refractivity contribution in [2.75, 3.05) is 10.7 Å². The quantitative estimate of drug-likeness (QED) is 0.211. The van der Waals surface area contributed by atoms with Crippen LogP contribution in [0.25, 0.3) is 17.1 Å². The Hall–Kier alpha value is -4.32. The van der Waals surface area contributed by atoms with Crippen molar-refractivity contribution in [3.05, 3.63) is 90.3 Å². The number of amidine groups is 1. The molecule has 8 nitrogen and oxygen atoms in total. The fourth-order valence-corrected chi connectivity index (χ4v) is 6.37. The van der Waals surface area contributed by atoms with Crippen molar-refractivity contribution >= 4 is 28.6 Å². The maximum absolute atomic E-state index is 13.1. The molecule has 236 valence electrons. The number of hydrogen-bond acceptors (Lipinski definition) is 5. The summed E-state index contributed by atoms with van der Waals surface area (Å²) in [6.07, 6.45) is -1.35. The maximum Gasteiger partial charge on any atom is 0.573 e. The topological polar surface area (TPSA) is 84.6 Å². The van der Waals surface area contributed by atoms with Crippen molar-refractivity contribution < 1.29 is 22.7 Å². The molecule has 1 aliphatic rings. The van der Waals surface area contributed by atoms with Crippen molar-refractivity contribution in [2.24, 2.45) is 4.99 Å². The van der Waals surface area contributed by atoms with E-state index in [1.165, 1.54) is 40.8 Å². The molecule has 12 heteroatoms. The van der Waals surface area contributed by atoms with Gasteiger partial charge in [0, 0.05) is 35.0 Å². The van der Waals surface area contributed by atoms with Gasteiger partial charge < -0.3 is 15.0 Å². The minimum atomic E-state index is -4.75. The normalized spacial score (nSPS) is 17.6. The summed E-state index contributed by atoms with van der Waals surface area (Å²) in [6, 6.07) is 21.1. The van der Waals surface area contributed by atoms with Gasteiger partial charge in [0.25, 0.3) is 0 Å². The first-order valence-electron chi connectivity index (χ1n) is 14.8. The highest BCUT2D eigenvalue weighted by atomic mass is 32.2. The molecule has 1 N–H and O–H groups in total. The Balaban J connectivity index is 1.23. The highest BCUT2D eigenvalue weighted by Gasteiger charge is 2.31. The summed E-state index contributed by atoms with van der Waals surface area (Å²) in [5.74, 6) is 1.07. The van der Waals surface area contributed by atoms with Crippen molar-refractivity contribution in [2.45, 2.75) is 64.9 Å². The Morgan fingerprint density at radius 2 is 1.80 bits per heavy atom. The summed E-state index contributed by atoms with van der Waals surface area (Å²) in [4.78, 5) is 24.2. The fraction of sp³-hybridized carbons (Fsp3) is 0.333. The van der Waals surface area contributed by atoms with Gasteiger partial charge in [-0.1, -0.05) is 68.1 Å². The largest absolute Gasteiger partial charge is 0.573 e. The van der Waals surface area contributed by atoms with E-state index >= 15 is 0 Å². The molecule has 45 heavy (non-hydrogen) atoms. The number of nitrogens with one attached hydrogen (secondary N) is 1. The van der Waals surface area contributed by atoms with Crippen LogP contribution in [0.2, 0.25) is 0 Å². The van der Waals surface area contributed by atoms with Crippen LogP contribution in [0.5, 0.6) is 5.75 Å². The number of nitrogens with zero attached hydrogens (tertiary/aromatic N) is 5. The molecule has 2 heterocycles. The first-order valence-corrected chi connectivity index (χ1v) is 15.8. The zero-order valence-electron chi connectivity index (χ0n) is 25.5. The molecule has 0 saturated carbocycles. The number of benzene rings is 3. The van der Waals surface area contributed by atoms with E-state index in [2.05, 4.69) is 56.0 Å². The molecular weight excluding hydrogens is 601 g/mol. The van der Waals surface area contributed by atoms with Crippen LogP contribution >= 0.6 is 11.8 Å². The monoisotopic (exact) mass is 636 g/mol. The summed E-state index contributed by atoms with van der Waals surface area (Å²) in [7, 11) is 0. The minimum absolute atomic E-state index is 0.000927. The van der Waals surface area contributed by atoms with Crippen molar-refractivity contribution in [3.8, 4) is 22.8 Å². The Morgan fingerprint density at radius 1 is 1.09 bits per heavy atom. The van der Waals surface area contributed by atoms with E-state index in [1.807, 2.05) is 50.2 Å². The predicted octanol–water partition coefficient (Wildman–Crippen LogP) is 7.98. The van der Waals surface area contributed by atoms with Gasteiger partial charge in [-0.15, -0.1) is 18.3 Å². The van der Waals surface area contributed by atoms with E-state index in [1.54, 1.807) is 11.8 Å². The number of aliphatic imine (C=N–C) groups is 1. The van der Waals surface area contributed by atoms with Crippen LogP contribution < -0.4 is 15.0 Å². The third-order valence-corrected chi connectivity index (χ3v) is 8.85. The third kappa shape index (κ3) is 7.86. The lowest BCUT2D eigenvalue weighted by molar-refractivity contribution is -0.274. The highest BCUT2D eigenvalue weighted by molar-refractivity contribution is 8.14. The first kappa shape index (κ1) is 32.1. The Morgan fingerprint density at radius 3 is 2.49 bits per heavy atom. The van der Waals surface area contributed by atoms with Gasteiger partial charge >= 0.3 is 12.4 Å². The van der Waals surface area contributed by atoms with E-state index in [9.17, 15) is 18.0 Å². The van der Waals surface area contributed by atoms with Gasteiger partial charge in [-0.3, -0.25) is 0 Å². The standard InChI is InChI=1S/C33H35F3N6O2S/c1-5-24-8-6-7-9-29(24)42-21(2)18-19-45-32(42)39-31(43)38-23(4)22(3)25-10-12-26(13-11-25)30-37-20-41(40-30)27-14-16-28(17-15-27)44-33(34,35)36/h6-17,20-23H,5,18-19H2,1-4H3,(H,38,43). The highest BCUT2D eigenvalue weighted by Crippen LogP contribution is 2.32. The smallest absolute Gasteiger partial charge is 0.406 e. The molecule has 3 unspecified atom stereocenters. The molecule has 1 saturated heterocycles. The average molecular weight is 637 g/mol. The predicted molar refractivity (Wildman–Crippen MR) is 172 cm³/mol. The van der Waals surface area contributed by atoms with Crippen LogP contribution in [0.3, 0.4) is 0 Å². The van der Waals surface area contributed by atoms with Crippen LogP contribution in [0, 0.1) is 0 Å². The van der Waals surface area contributed by atoms with Gasteiger partial charge in [-0.2, -0.15) is 4.99 Å². The first-order chi connectivity index (χ1) is 21.5. The number of amides is 2. The lowest BCUT2D eigenvalue weighted by atomic mass is 9.93. The number of urea groups is 1. The number of hydrogen-bond donors (Lipinski definition) is 1. The van der Waals surface area contributed by atoms with E-state index in [0.29, 0.717) is 16.7 Å². The second-order valence-corrected chi connectivity index (χ2v) is 12.0. The second-order valence-electron chi connectivity index (χ2n) is 10.9. The number of para-hydroxylation sites is 1. The maximum atomic E-state index is 13.1. The molecule has 3 atom stereocenters. The van der Waals surface area contributed by atoms with E-state index < -0.39 is 6.36 Å². The Bertz CT molecular complexity index is 1640. The van der Waals surface area contributed by atoms with Crippen LogP contribution in [-0.2, 0) is 6.42 Å². The lowest BCUT2D eigenvalue weighted by Crippen LogP contribution is -2.43. The molecule has 0 aliphatic carbocycles. The van der Waals surface area contributed by atoms with Crippen LogP contribution in [0.1, 0.15) is 51.2 Å². The lowest BCUT2D eigenvalue weighted by Gasteiger charge is -2.36. The number of halogens is 3. The van der Waals surface area contributed by atoms with Crippen molar-refractivity contribution in [1.29, 1.82) is 0 Å². The zero-order chi connectivity index (χ0) is 32.1. The summed E-state index contributed by atoms with van der Waals surface area (Å²) < 4.78 is 42.7. The molecule has 0 spiro atoms. The van der Waals surface area contributed by atoms with Crippen molar-refractivity contribution in [3.63, 3.8) is 0 Å². The summed E-state index contributed by atoms with van der Waals surface area (Å²) >= 11 is 1.61. The minimum Gasteiger partial charge on any atom is -0.406 e. The molecule has 0 bridgehead atoms. The number of aromatic nitrogens is 3. The molecule has 0 radical (unpaired) electrons. The number of thioether (sulfide) groups is 1. The Kier molecular flexibility index (Phi) is 9.81. The number of carbonyl (C=O) groups is 1. The SMILES string of the molecule is CCc1ccccc1N1C(=NC(=O)NC(C)C(C)c2ccc(-c3ncn(-c4ccc(OC(F)(F)F)cc4)n3)cc2)SCCC1C. The number of alkyl halides is 3. The molecule has 4 aromatic rings. The average Bonchev–Trinajstić information content (AvgIpc) is 3.51. The van der Waals surface area contributed by atoms with Gasteiger partial charge in [0.1, 0.15) is 12.1 Å². The molecule has 2 amide bonds. The number of aryl methyl sites for hydroxylation is 1. The number of anilines is 1. The van der Waals surface area contributed by atoms with Crippen LogP contribution in [0.15, 0.2) is 84.1 Å². The van der Waals surface area contributed by atoms with Crippen LogP contribution in [0.4, 0.5) is 23.7 Å². The van der Waals surface area contributed by atoms with Crippen LogP contribution in [-0.4, -0.2) is 50.2 Å². The second kappa shape index (κ2) is 13.8.